The van der Waals surface area contributed by atoms with Gasteiger partial charge >= 0.3 is 0 Å². The quantitative estimate of drug-likeness (QED) is 0.871. The summed E-state index contributed by atoms with van der Waals surface area (Å²) in [5.41, 5.74) is 3.12. The summed E-state index contributed by atoms with van der Waals surface area (Å²) in [7, 11) is 0. The molecule has 1 atom stereocenters. The van der Waals surface area contributed by atoms with Gasteiger partial charge in [0.1, 0.15) is 0 Å². The van der Waals surface area contributed by atoms with E-state index in [0.29, 0.717) is 19.7 Å². The van der Waals surface area contributed by atoms with Crippen LogP contribution in [-0.4, -0.2) is 36.6 Å². The van der Waals surface area contributed by atoms with Gasteiger partial charge in [0.05, 0.1) is 12.7 Å². The van der Waals surface area contributed by atoms with Gasteiger partial charge in [0.25, 0.3) is 5.91 Å². The number of benzene rings is 2. The molecule has 0 spiro atoms. The number of rotatable bonds is 3. The van der Waals surface area contributed by atoms with Crippen LogP contribution in [0.1, 0.15) is 21.5 Å². The highest BCUT2D eigenvalue weighted by molar-refractivity contribution is 5.94. The van der Waals surface area contributed by atoms with Gasteiger partial charge in [0.15, 0.2) is 0 Å². The molecule has 3 rings (SSSR count). The molecule has 0 aromatic heterocycles. The van der Waals surface area contributed by atoms with Crippen molar-refractivity contribution < 1.29 is 9.53 Å². The second kappa shape index (κ2) is 6.75. The Morgan fingerprint density at radius 1 is 1.18 bits per heavy atom. The van der Waals surface area contributed by atoms with E-state index in [0.717, 1.165) is 17.5 Å². The fraction of sp³-hybridized carbons (Fsp3) is 0.316. The molecule has 1 amide bonds. The maximum absolute atomic E-state index is 12.6. The number of hydrogen-bond acceptors (Lipinski definition) is 2. The second-order valence-corrected chi connectivity index (χ2v) is 5.80. The van der Waals surface area contributed by atoms with Crippen LogP contribution in [0.25, 0.3) is 0 Å². The van der Waals surface area contributed by atoms with E-state index in [1.807, 2.05) is 54.3 Å². The number of amides is 1. The smallest absolute Gasteiger partial charge is 0.254 e. The highest BCUT2D eigenvalue weighted by atomic mass is 16.5. The lowest BCUT2D eigenvalue weighted by atomic mass is 10.1. The summed E-state index contributed by atoms with van der Waals surface area (Å²) in [6.07, 6.45) is 0.920. The fourth-order valence-electron chi connectivity index (χ4n) is 2.86. The molecule has 3 nitrogen and oxygen atoms in total. The zero-order valence-corrected chi connectivity index (χ0v) is 12.9. The molecule has 1 aliphatic rings. The highest BCUT2D eigenvalue weighted by Crippen LogP contribution is 2.15. The average molecular weight is 295 g/mol. The standard InChI is InChI=1S/C19H21NO2/c1-15-6-5-9-17(12-15)19(21)20-10-11-22-18(14-20)13-16-7-3-2-4-8-16/h2-9,12,18H,10-11,13-14H2,1H3. The molecule has 2 aromatic rings. The Morgan fingerprint density at radius 2 is 2.00 bits per heavy atom. The minimum atomic E-state index is 0.0740. The van der Waals surface area contributed by atoms with Crippen LogP contribution in [0.2, 0.25) is 0 Å². The Kier molecular flexibility index (Phi) is 4.54. The predicted molar refractivity (Wildman–Crippen MR) is 87.0 cm³/mol. The van der Waals surface area contributed by atoms with Gasteiger partial charge in [-0.25, -0.2) is 0 Å². The lowest BCUT2D eigenvalue weighted by Gasteiger charge is -2.33. The summed E-state index contributed by atoms with van der Waals surface area (Å²) >= 11 is 0. The van der Waals surface area contributed by atoms with E-state index in [9.17, 15) is 4.79 Å². The molecular formula is C19H21NO2. The molecular weight excluding hydrogens is 274 g/mol. The van der Waals surface area contributed by atoms with Gasteiger partial charge in [-0.3, -0.25) is 4.79 Å². The first-order chi connectivity index (χ1) is 10.7. The molecule has 0 bridgehead atoms. The third-order valence-corrected chi connectivity index (χ3v) is 4.00. The first kappa shape index (κ1) is 14.8. The first-order valence-electron chi connectivity index (χ1n) is 7.74. The minimum absolute atomic E-state index is 0.0740. The largest absolute Gasteiger partial charge is 0.374 e. The second-order valence-electron chi connectivity index (χ2n) is 5.80. The number of ether oxygens (including phenoxy) is 1. The lowest BCUT2D eigenvalue weighted by Crippen LogP contribution is -2.46. The van der Waals surface area contributed by atoms with Crippen LogP contribution in [0, 0.1) is 6.92 Å². The van der Waals surface area contributed by atoms with E-state index < -0.39 is 0 Å². The summed E-state index contributed by atoms with van der Waals surface area (Å²) in [5, 5.41) is 0. The predicted octanol–water partition coefficient (Wildman–Crippen LogP) is 3.08. The Morgan fingerprint density at radius 3 is 2.77 bits per heavy atom. The van der Waals surface area contributed by atoms with Crippen molar-refractivity contribution in [3.05, 3.63) is 71.3 Å². The van der Waals surface area contributed by atoms with Gasteiger partial charge in [-0.05, 0) is 24.6 Å². The zero-order chi connectivity index (χ0) is 15.4. The number of carbonyl (C=O) groups is 1. The Balaban J connectivity index is 1.66. The normalized spacial score (nSPS) is 18.2. The molecule has 3 heteroatoms. The molecule has 1 aliphatic heterocycles. The number of nitrogens with zero attached hydrogens (tertiary/aromatic N) is 1. The molecule has 0 N–H and O–H groups in total. The first-order valence-corrected chi connectivity index (χ1v) is 7.74. The summed E-state index contributed by atoms with van der Waals surface area (Å²) in [5.74, 6) is 0.102. The number of morpholine rings is 1. The molecule has 114 valence electrons. The van der Waals surface area contributed by atoms with Gasteiger partial charge in [-0.1, -0.05) is 48.0 Å². The van der Waals surface area contributed by atoms with Crippen LogP contribution in [0.4, 0.5) is 0 Å². The minimum Gasteiger partial charge on any atom is -0.374 e. The van der Waals surface area contributed by atoms with Crippen molar-refractivity contribution in [1.82, 2.24) is 4.90 Å². The van der Waals surface area contributed by atoms with Crippen molar-refractivity contribution in [2.24, 2.45) is 0 Å². The van der Waals surface area contributed by atoms with Crippen molar-refractivity contribution in [3.8, 4) is 0 Å². The van der Waals surface area contributed by atoms with Crippen LogP contribution in [0.3, 0.4) is 0 Å². The van der Waals surface area contributed by atoms with E-state index in [4.69, 9.17) is 4.74 Å². The Hall–Kier alpha value is -2.13. The maximum Gasteiger partial charge on any atom is 0.254 e. The van der Waals surface area contributed by atoms with Crippen LogP contribution in [-0.2, 0) is 11.2 Å². The third-order valence-electron chi connectivity index (χ3n) is 4.00. The number of aryl methyl sites for hydroxylation is 1. The van der Waals surface area contributed by atoms with Gasteiger partial charge in [0, 0.05) is 25.1 Å². The van der Waals surface area contributed by atoms with Crippen molar-refractivity contribution >= 4 is 5.91 Å². The van der Waals surface area contributed by atoms with E-state index >= 15 is 0 Å². The molecule has 0 radical (unpaired) electrons. The Labute approximate surface area is 131 Å². The lowest BCUT2D eigenvalue weighted by molar-refractivity contribution is -0.0208. The van der Waals surface area contributed by atoms with Gasteiger partial charge < -0.3 is 9.64 Å². The van der Waals surface area contributed by atoms with Gasteiger partial charge in [0.2, 0.25) is 0 Å². The summed E-state index contributed by atoms with van der Waals surface area (Å²) < 4.78 is 5.83. The average Bonchev–Trinajstić information content (AvgIpc) is 2.55. The van der Waals surface area contributed by atoms with E-state index in [1.165, 1.54) is 5.56 Å². The van der Waals surface area contributed by atoms with Crippen molar-refractivity contribution in [3.63, 3.8) is 0 Å². The van der Waals surface area contributed by atoms with Crippen LogP contribution >= 0.6 is 0 Å². The van der Waals surface area contributed by atoms with E-state index in [2.05, 4.69) is 12.1 Å². The molecule has 1 unspecified atom stereocenters. The molecule has 1 heterocycles. The zero-order valence-electron chi connectivity index (χ0n) is 12.9. The number of hydrogen-bond donors (Lipinski definition) is 0. The fourth-order valence-corrected chi connectivity index (χ4v) is 2.86. The number of carbonyl (C=O) groups excluding carboxylic acids is 1. The van der Waals surface area contributed by atoms with Gasteiger partial charge in [-0.15, -0.1) is 0 Å². The highest BCUT2D eigenvalue weighted by Gasteiger charge is 2.25. The molecule has 1 saturated heterocycles. The summed E-state index contributed by atoms with van der Waals surface area (Å²) in [6.45, 7) is 3.93. The van der Waals surface area contributed by atoms with Crippen molar-refractivity contribution in [2.75, 3.05) is 19.7 Å². The van der Waals surface area contributed by atoms with Crippen LogP contribution < -0.4 is 0 Å². The summed E-state index contributed by atoms with van der Waals surface area (Å²) in [4.78, 5) is 14.5. The maximum atomic E-state index is 12.6. The molecule has 2 aromatic carbocycles. The SMILES string of the molecule is Cc1cccc(C(=O)N2CCOC(Cc3ccccc3)C2)c1. The van der Waals surface area contributed by atoms with Crippen molar-refractivity contribution in [1.29, 1.82) is 0 Å². The van der Waals surface area contributed by atoms with E-state index in [-0.39, 0.29) is 12.0 Å². The molecule has 1 fully saturated rings. The monoisotopic (exact) mass is 295 g/mol. The molecule has 22 heavy (non-hydrogen) atoms. The molecule has 0 aliphatic carbocycles. The molecule has 0 saturated carbocycles. The Bertz CT molecular complexity index is 639. The van der Waals surface area contributed by atoms with Crippen LogP contribution in [0.15, 0.2) is 54.6 Å². The van der Waals surface area contributed by atoms with E-state index in [1.54, 1.807) is 0 Å². The summed E-state index contributed by atoms with van der Waals surface area (Å²) in [6, 6.07) is 18.1. The van der Waals surface area contributed by atoms with Crippen molar-refractivity contribution in [2.45, 2.75) is 19.4 Å². The van der Waals surface area contributed by atoms with Crippen LogP contribution in [0.5, 0.6) is 0 Å². The third kappa shape index (κ3) is 3.55. The van der Waals surface area contributed by atoms with Gasteiger partial charge in [-0.2, -0.15) is 0 Å². The topological polar surface area (TPSA) is 29.5 Å².